The Morgan fingerprint density at radius 3 is 2.48 bits per heavy atom. The maximum absolute atomic E-state index is 11.0. The minimum Gasteiger partial charge on any atom is -0.326 e. The predicted molar refractivity (Wildman–Crippen MR) is 83.6 cm³/mol. The van der Waals surface area contributed by atoms with Crippen molar-refractivity contribution in [2.45, 2.75) is 6.92 Å². The molecule has 1 aromatic heterocycles. The van der Waals surface area contributed by atoms with Crippen LogP contribution in [-0.2, 0) is 4.79 Å². The molecule has 5 heteroatoms. The van der Waals surface area contributed by atoms with E-state index in [0.29, 0.717) is 5.95 Å². The lowest BCUT2D eigenvalue weighted by Gasteiger charge is -2.07. The van der Waals surface area contributed by atoms with Crippen molar-refractivity contribution in [3.63, 3.8) is 0 Å². The summed E-state index contributed by atoms with van der Waals surface area (Å²) in [6, 6.07) is 15.2. The van der Waals surface area contributed by atoms with E-state index >= 15 is 0 Å². The van der Waals surface area contributed by atoms with Crippen LogP contribution in [0.4, 0.5) is 17.3 Å². The Balaban J connectivity index is 1.79. The molecule has 0 unspecified atom stereocenters. The number of anilines is 3. The molecule has 0 aliphatic rings. The number of rotatable bonds is 3. The molecule has 104 valence electrons. The predicted octanol–water partition coefficient (Wildman–Crippen LogP) is 3.33. The summed E-state index contributed by atoms with van der Waals surface area (Å²) in [5.74, 6) is 0.453. The number of carbonyl (C=O) groups excluding carboxylic acids is 1. The minimum atomic E-state index is -0.0893. The summed E-state index contributed by atoms with van der Waals surface area (Å²) >= 11 is 0. The van der Waals surface area contributed by atoms with Crippen LogP contribution in [0, 0.1) is 0 Å². The van der Waals surface area contributed by atoms with Crippen molar-refractivity contribution in [1.29, 1.82) is 0 Å². The Morgan fingerprint density at radius 2 is 1.71 bits per heavy atom. The molecule has 3 rings (SSSR count). The van der Waals surface area contributed by atoms with Gasteiger partial charge in [0.15, 0.2) is 0 Å². The highest BCUT2D eigenvalue weighted by Crippen LogP contribution is 2.18. The van der Waals surface area contributed by atoms with Crippen LogP contribution in [0.25, 0.3) is 10.9 Å². The Morgan fingerprint density at radius 1 is 1.00 bits per heavy atom. The van der Waals surface area contributed by atoms with Gasteiger partial charge in [-0.1, -0.05) is 18.2 Å². The van der Waals surface area contributed by atoms with Gasteiger partial charge in [0.25, 0.3) is 0 Å². The average Bonchev–Trinajstić information content (AvgIpc) is 2.49. The SMILES string of the molecule is CC(=O)Nc1ccc(Nc2ncc3ccccc3n2)cc1. The molecule has 21 heavy (non-hydrogen) atoms. The normalized spacial score (nSPS) is 10.3. The highest BCUT2D eigenvalue weighted by atomic mass is 16.1. The van der Waals surface area contributed by atoms with E-state index in [1.807, 2.05) is 48.5 Å². The largest absolute Gasteiger partial charge is 0.326 e. The maximum atomic E-state index is 11.0. The molecular formula is C16H14N4O. The summed E-state index contributed by atoms with van der Waals surface area (Å²) in [6.07, 6.45) is 1.79. The van der Waals surface area contributed by atoms with Crippen LogP contribution in [-0.4, -0.2) is 15.9 Å². The molecule has 0 fully saturated rings. The number of amides is 1. The van der Waals surface area contributed by atoms with Crippen molar-refractivity contribution in [3.05, 3.63) is 54.7 Å². The van der Waals surface area contributed by atoms with Gasteiger partial charge in [-0.25, -0.2) is 9.97 Å². The van der Waals surface area contributed by atoms with Crippen LogP contribution in [0.2, 0.25) is 0 Å². The van der Waals surface area contributed by atoms with E-state index in [1.54, 1.807) is 6.20 Å². The van der Waals surface area contributed by atoms with Gasteiger partial charge in [-0.15, -0.1) is 0 Å². The van der Waals surface area contributed by atoms with Crippen molar-refractivity contribution in [3.8, 4) is 0 Å². The molecule has 0 aliphatic heterocycles. The molecule has 2 N–H and O–H groups in total. The summed E-state index contributed by atoms with van der Waals surface area (Å²) in [5, 5.41) is 6.87. The molecule has 1 amide bonds. The zero-order valence-corrected chi connectivity index (χ0v) is 11.5. The van der Waals surface area contributed by atoms with Crippen LogP contribution in [0.3, 0.4) is 0 Å². The molecule has 0 spiro atoms. The third-order valence-electron chi connectivity index (χ3n) is 2.95. The van der Waals surface area contributed by atoms with E-state index in [4.69, 9.17) is 0 Å². The second-order valence-electron chi connectivity index (χ2n) is 4.64. The number of nitrogens with one attached hydrogen (secondary N) is 2. The van der Waals surface area contributed by atoms with Gasteiger partial charge in [0, 0.05) is 29.9 Å². The molecule has 3 aromatic rings. The molecule has 0 saturated carbocycles. The van der Waals surface area contributed by atoms with Gasteiger partial charge in [0.1, 0.15) is 0 Å². The van der Waals surface area contributed by atoms with Crippen LogP contribution in [0.15, 0.2) is 54.7 Å². The van der Waals surface area contributed by atoms with E-state index < -0.39 is 0 Å². The van der Waals surface area contributed by atoms with Crippen LogP contribution < -0.4 is 10.6 Å². The number of aromatic nitrogens is 2. The van der Waals surface area contributed by atoms with Crippen molar-refractivity contribution >= 4 is 34.1 Å². The fraction of sp³-hybridized carbons (Fsp3) is 0.0625. The van der Waals surface area contributed by atoms with E-state index in [1.165, 1.54) is 6.92 Å². The molecule has 0 bridgehead atoms. The first kappa shape index (κ1) is 13.1. The van der Waals surface area contributed by atoms with Crippen LogP contribution in [0.1, 0.15) is 6.92 Å². The maximum Gasteiger partial charge on any atom is 0.227 e. The van der Waals surface area contributed by atoms with Crippen molar-refractivity contribution in [1.82, 2.24) is 9.97 Å². The Labute approximate surface area is 122 Å². The molecule has 2 aromatic carbocycles. The Kier molecular flexibility index (Phi) is 3.47. The summed E-state index contributed by atoms with van der Waals surface area (Å²) in [7, 11) is 0. The van der Waals surface area contributed by atoms with Gasteiger partial charge >= 0.3 is 0 Å². The van der Waals surface area contributed by atoms with E-state index in [9.17, 15) is 4.79 Å². The molecule has 5 nitrogen and oxygen atoms in total. The van der Waals surface area contributed by atoms with Gasteiger partial charge in [-0.3, -0.25) is 4.79 Å². The van der Waals surface area contributed by atoms with Crippen molar-refractivity contribution < 1.29 is 4.79 Å². The third-order valence-corrected chi connectivity index (χ3v) is 2.95. The lowest BCUT2D eigenvalue weighted by molar-refractivity contribution is -0.114. The van der Waals surface area contributed by atoms with Crippen LogP contribution in [0.5, 0.6) is 0 Å². The number of hydrogen-bond acceptors (Lipinski definition) is 4. The van der Waals surface area contributed by atoms with Gasteiger partial charge in [0.05, 0.1) is 5.52 Å². The average molecular weight is 278 g/mol. The van der Waals surface area contributed by atoms with Gasteiger partial charge < -0.3 is 10.6 Å². The first-order chi connectivity index (χ1) is 10.2. The summed E-state index contributed by atoms with van der Waals surface area (Å²) in [6.45, 7) is 1.48. The Hall–Kier alpha value is -2.95. The third kappa shape index (κ3) is 3.14. The standard InChI is InChI=1S/C16H14N4O/c1-11(21)18-13-6-8-14(9-7-13)19-16-17-10-12-4-2-3-5-15(12)20-16/h2-10H,1H3,(H,18,21)(H,17,19,20). The molecular weight excluding hydrogens is 264 g/mol. The number of nitrogens with zero attached hydrogens (tertiary/aromatic N) is 2. The topological polar surface area (TPSA) is 66.9 Å². The minimum absolute atomic E-state index is 0.0893. The molecule has 1 heterocycles. The number of benzene rings is 2. The first-order valence-corrected chi connectivity index (χ1v) is 6.57. The molecule has 0 atom stereocenters. The van der Waals surface area contributed by atoms with E-state index in [0.717, 1.165) is 22.3 Å². The first-order valence-electron chi connectivity index (χ1n) is 6.57. The summed E-state index contributed by atoms with van der Waals surface area (Å²) < 4.78 is 0. The fourth-order valence-electron chi connectivity index (χ4n) is 2.00. The molecule has 0 aliphatic carbocycles. The van der Waals surface area contributed by atoms with Crippen molar-refractivity contribution in [2.75, 3.05) is 10.6 Å². The van der Waals surface area contributed by atoms with Gasteiger partial charge in [-0.05, 0) is 30.3 Å². The Bertz CT molecular complexity index is 784. The smallest absolute Gasteiger partial charge is 0.227 e. The van der Waals surface area contributed by atoms with Gasteiger partial charge in [0.2, 0.25) is 11.9 Å². The van der Waals surface area contributed by atoms with Crippen molar-refractivity contribution in [2.24, 2.45) is 0 Å². The monoisotopic (exact) mass is 278 g/mol. The summed E-state index contributed by atoms with van der Waals surface area (Å²) in [4.78, 5) is 19.7. The number of carbonyl (C=O) groups is 1. The molecule has 0 radical (unpaired) electrons. The van der Waals surface area contributed by atoms with Crippen LogP contribution >= 0.6 is 0 Å². The number of fused-ring (bicyclic) bond motifs is 1. The van der Waals surface area contributed by atoms with E-state index in [-0.39, 0.29) is 5.91 Å². The zero-order valence-electron chi connectivity index (χ0n) is 11.5. The highest BCUT2D eigenvalue weighted by molar-refractivity contribution is 5.88. The number of hydrogen-bond donors (Lipinski definition) is 2. The number of para-hydroxylation sites is 1. The van der Waals surface area contributed by atoms with Gasteiger partial charge in [-0.2, -0.15) is 0 Å². The quantitative estimate of drug-likeness (QED) is 0.771. The van der Waals surface area contributed by atoms with E-state index in [2.05, 4.69) is 20.6 Å². The second kappa shape index (κ2) is 5.58. The fourth-order valence-corrected chi connectivity index (χ4v) is 2.00. The molecule has 0 saturated heterocycles. The summed E-state index contributed by atoms with van der Waals surface area (Å²) in [5.41, 5.74) is 2.51. The second-order valence-corrected chi connectivity index (χ2v) is 4.64. The lowest BCUT2D eigenvalue weighted by atomic mass is 10.2. The lowest BCUT2D eigenvalue weighted by Crippen LogP contribution is -2.05. The highest BCUT2D eigenvalue weighted by Gasteiger charge is 2.01. The zero-order chi connectivity index (χ0) is 14.7.